The molecule has 0 saturated carbocycles. The molecular formula is C22H23ClN4O2S. The number of nitrogens with zero attached hydrogens (tertiary/aromatic N) is 3. The lowest BCUT2D eigenvalue weighted by Gasteiger charge is -2.27. The molecule has 0 atom stereocenters. The van der Waals surface area contributed by atoms with Crippen LogP contribution in [-0.4, -0.2) is 31.7 Å². The Balaban J connectivity index is 1.49. The Morgan fingerprint density at radius 3 is 2.33 bits per heavy atom. The van der Waals surface area contributed by atoms with E-state index < -0.39 is 10.0 Å². The van der Waals surface area contributed by atoms with Gasteiger partial charge >= 0.3 is 0 Å². The molecule has 2 heterocycles. The molecule has 4 rings (SSSR count). The van der Waals surface area contributed by atoms with Crippen molar-refractivity contribution in [3.8, 4) is 11.3 Å². The molecule has 0 unspecified atom stereocenters. The van der Waals surface area contributed by atoms with Crippen molar-refractivity contribution in [2.45, 2.75) is 31.1 Å². The number of hydrogen-bond donors (Lipinski definition) is 1. The van der Waals surface area contributed by atoms with Crippen LogP contribution in [0.2, 0.25) is 5.02 Å². The second-order valence-corrected chi connectivity index (χ2v) is 9.43. The predicted octanol–water partition coefficient (Wildman–Crippen LogP) is 4.90. The molecule has 30 heavy (non-hydrogen) atoms. The molecule has 2 aromatic carbocycles. The lowest BCUT2D eigenvalue weighted by Crippen LogP contribution is -2.30. The van der Waals surface area contributed by atoms with Gasteiger partial charge in [0, 0.05) is 29.4 Å². The van der Waals surface area contributed by atoms with E-state index in [1.807, 2.05) is 24.3 Å². The number of halogens is 1. The van der Waals surface area contributed by atoms with E-state index in [4.69, 9.17) is 11.6 Å². The molecule has 156 valence electrons. The minimum absolute atomic E-state index is 0.165. The molecule has 1 saturated heterocycles. The fourth-order valence-corrected chi connectivity index (χ4v) is 5.13. The third-order valence-corrected chi connectivity index (χ3v) is 7.21. The lowest BCUT2D eigenvalue weighted by molar-refractivity contribution is 0.571. The van der Waals surface area contributed by atoms with Gasteiger partial charge in [-0.1, -0.05) is 29.8 Å². The van der Waals surface area contributed by atoms with Gasteiger partial charge in [0.1, 0.15) is 0 Å². The van der Waals surface area contributed by atoms with E-state index in [1.165, 1.54) is 25.3 Å². The molecule has 1 fully saturated rings. The van der Waals surface area contributed by atoms with E-state index in [9.17, 15) is 8.42 Å². The van der Waals surface area contributed by atoms with Crippen LogP contribution in [0.15, 0.2) is 59.5 Å². The van der Waals surface area contributed by atoms with Crippen molar-refractivity contribution < 1.29 is 8.42 Å². The van der Waals surface area contributed by atoms with Crippen LogP contribution in [0.3, 0.4) is 0 Å². The van der Waals surface area contributed by atoms with Crippen LogP contribution in [0, 0.1) is 6.92 Å². The number of rotatable bonds is 5. The molecule has 8 heteroatoms. The fourth-order valence-electron chi connectivity index (χ4n) is 3.57. The van der Waals surface area contributed by atoms with Crippen molar-refractivity contribution in [1.82, 2.24) is 10.2 Å². The van der Waals surface area contributed by atoms with Crippen molar-refractivity contribution in [1.29, 1.82) is 0 Å². The van der Waals surface area contributed by atoms with Crippen LogP contribution in [0.25, 0.3) is 11.3 Å². The van der Waals surface area contributed by atoms with Crippen molar-refractivity contribution in [2.75, 3.05) is 22.7 Å². The van der Waals surface area contributed by atoms with Gasteiger partial charge in [0.15, 0.2) is 5.82 Å². The van der Waals surface area contributed by atoms with Gasteiger partial charge in [-0.15, -0.1) is 10.2 Å². The third kappa shape index (κ3) is 4.42. The average molecular weight is 443 g/mol. The number of anilines is 2. The molecule has 0 bridgehead atoms. The van der Waals surface area contributed by atoms with Crippen molar-refractivity contribution in [2.24, 2.45) is 0 Å². The van der Waals surface area contributed by atoms with Crippen LogP contribution in [0.1, 0.15) is 24.8 Å². The topological polar surface area (TPSA) is 75.2 Å². The van der Waals surface area contributed by atoms with E-state index in [0.717, 1.165) is 30.2 Å². The third-order valence-electron chi connectivity index (χ3n) is 5.27. The zero-order chi connectivity index (χ0) is 21.1. The largest absolute Gasteiger partial charge is 0.355 e. The molecule has 0 radical (unpaired) electrons. The second kappa shape index (κ2) is 8.62. The van der Waals surface area contributed by atoms with Gasteiger partial charge < -0.3 is 4.90 Å². The van der Waals surface area contributed by atoms with Crippen LogP contribution < -0.4 is 9.62 Å². The summed E-state index contributed by atoms with van der Waals surface area (Å²) in [6.45, 7) is 3.73. The summed E-state index contributed by atoms with van der Waals surface area (Å²) in [5.41, 5.74) is 2.61. The Hall–Kier alpha value is -2.64. The number of sulfonamides is 1. The highest BCUT2D eigenvalue weighted by Crippen LogP contribution is 2.26. The highest BCUT2D eigenvalue weighted by Gasteiger charge is 2.18. The molecule has 0 amide bonds. The van der Waals surface area contributed by atoms with Crippen LogP contribution >= 0.6 is 11.6 Å². The standard InChI is InChI=1S/C22H23ClN4O2S/c1-16-19(23)6-5-7-21(16)30(28,29)26-18-10-8-17(9-11-18)20-12-13-22(25-24-20)27-14-3-2-4-15-27/h5-13,26H,2-4,14-15H2,1H3. The summed E-state index contributed by atoms with van der Waals surface area (Å²) in [5.74, 6) is 0.903. The number of aromatic nitrogens is 2. The zero-order valence-electron chi connectivity index (χ0n) is 16.7. The molecule has 0 spiro atoms. The van der Waals surface area contributed by atoms with Gasteiger partial charge in [-0.25, -0.2) is 8.42 Å². The number of benzene rings is 2. The summed E-state index contributed by atoms with van der Waals surface area (Å²) in [4.78, 5) is 2.42. The second-order valence-electron chi connectivity index (χ2n) is 7.37. The molecule has 3 aromatic rings. The first-order valence-electron chi connectivity index (χ1n) is 9.91. The summed E-state index contributed by atoms with van der Waals surface area (Å²) in [6.07, 6.45) is 3.65. The van der Waals surface area contributed by atoms with Crippen LogP contribution in [0.4, 0.5) is 11.5 Å². The minimum Gasteiger partial charge on any atom is -0.355 e. The van der Waals surface area contributed by atoms with Gasteiger partial charge in [0.25, 0.3) is 10.0 Å². The number of hydrogen-bond acceptors (Lipinski definition) is 5. The Morgan fingerprint density at radius 1 is 0.933 bits per heavy atom. The molecule has 1 N–H and O–H groups in total. The van der Waals surface area contributed by atoms with Crippen molar-refractivity contribution in [3.05, 3.63) is 65.2 Å². The molecule has 1 aromatic heterocycles. The van der Waals surface area contributed by atoms with Crippen LogP contribution in [-0.2, 0) is 10.0 Å². The number of nitrogens with one attached hydrogen (secondary N) is 1. The maximum atomic E-state index is 12.7. The Kier molecular flexibility index (Phi) is 5.92. The van der Waals surface area contributed by atoms with Gasteiger partial charge in [0.2, 0.25) is 0 Å². The molecule has 6 nitrogen and oxygen atoms in total. The summed E-state index contributed by atoms with van der Waals surface area (Å²) in [6, 6.07) is 15.9. The maximum Gasteiger partial charge on any atom is 0.262 e. The van der Waals surface area contributed by atoms with E-state index >= 15 is 0 Å². The van der Waals surface area contributed by atoms with Crippen LogP contribution in [0.5, 0.6) is 0 Å². The Labute approximate surface area is 182 Å². The molecule has 1 aliphatic heterocycles. The SMILES string of the molecule is Cc1c(Cl)cccc1S(=O)(=O)Nc1ccc(-c2ccc(N3CCCCC3)nn2)cc1. The fraction of sp³-hybridized carbons (Fsp3) is 0.273. The maximum absolute atomic E-state index is 12.7. The first-order valence-corrected chi connectivity index (χ1v) is 11.8. The predicted molar refractivity (Wildman–Crippen MR) is 121 cm³/mol. The zero-order valence-corrected chi connectivity index (χ0v) is 18.2. The Morgan fingerprint density at radius 2 is 1.67 bits per heavy atom. The first-order chi connectivity index (χ1) is 14.4. The first kappa shape index (κ1) is 20.6. The van der Waals surface area contributed by atoms with Gasteiger partial charge in [-0.2, -0.15) is 0 Å². The average Bonchev–Trinajstić information content (AvgIpc) is 2.76. The summed E-state index contributed by atoms with van der Waals surface area (Å²) in [5, 5.41) is 9.14. The molecular weight excluding hydrogens is 420 g/mol. The van der Waals surface area contributed by atoms with Gasteiger partial charge in [-0.05, 0) is 68.1 Å². The summed E-state index contributed by atoms with van der Waals surface area (Å²) < 4.78 is 28.0. The van der Waals surface area contributed by atoms with Crippen molar-refractivity contribution >= 4 is 33.1 Å². The van der Waals surface area contributed by atoms with E-state index in [0.29, 0.717) is 16.3 Å². The normalized spacial score (nSPS) is 14.5. The minimum atomic E-state index is -3.73. The number of piperidine rings is 1. The summed E-state index contributed by atoms with van der Waals surface area (Å²) >= 11 is 6.06. The van der Waals surface area contributed by atoms with E-state index in [2.05, 4.69) is 19.8 Å². The van der Waals surface area contributed by atoms with E-state index in [1.54, 1.807) is 31.2 Å². The molecule has 1 aliphatic rings. The monoisotopic (exact) mass is 442 g/mol. The smallest absolute Gasteiger partial charge is 0.262 e. The van der Waals surface area contributed by atoms with E-state index in [-0.39, 0.29) is 4.90 Å². The highest BCUT2D eigenvalue weighted by atomic mass is 35.5. The van der Waals surface area contributed by atoms with Crippen molar-refractivity contribution in [3.63, 3.8) is 0 Å². The quantitative estimate of drug-likeness (QED) is 0.608. The summed E-state index contributed by atoms with van der Waals surface area (Å²) in [7, 11) is -3.73. The van der Waals surface area contributed by atoms with Gasteiger partial charge in [0.05, 0.1) is 10.6 Å². The highest BCUT2D eigenvalue weighted by molar-refractivity contribution is 7.92. The Bertz CT molecular complexity index is 1130. The molecule has 0 aliphatic carbocycles. The van der Waals surface area contributed by atoms with Gasteiger partial charge in [-0.3, -0.25) is 4.72 Å². The lowest BCUT2D eigenvalue weighted by atomic mass is 10.1.